The number of fused-ring (bicyclic) bond motifs is 1. The summed E-state index contributed by atoms with van der Waals surface area (Å²) >= 11 is 6.96. The Labute approximate surface area is 112 Å². The van der Waals surface area contributed by atoms with Crippen LogP contribution in [0.25, 0.3) is 0 Å². The molecule has 1 aliphatic heterocycles. The number of halogens is 2. The number of rotatable bonds is 2. The second-order valence-corrected chi connectivity index (χ2v) is 5.72. The molecule has 1 aliphatic rings. The van der Waals surface area contributed by atoms with E-state index in [1.54, 1.807) is 6.92 Å². The summed E-state index contributed by atoms with van der Waals surface area (Å²) in [7, 11) is 0. The molecule has 1 heterocycles. The lowest BCUT2D eigenvalue weighted by molar-refractivity contribution is -0.116. The molecule has 2 nitrogen and oxygen atoms in total. The van der Waals surface area contributed by atoms with Crippen LogP contribution in [0.1, 0.15) is 24.8 Å². The molecule has 0 spiro atoms. The van der Waals surface area contributed by atoms with Crippen molar-refractivity contribution in [1.82, 2.24) is 0 Å². The fraction of sp³-hybridized carbons (Fsp3) is 0.417. The molecule has 1 atom stereocenters. The van der Waals surface area contributed by atoms with Gasteiger partial charge in [-0.2, -0.15) is 0 Å². The van der Waals surface area contributed by atoms with Crippen LogP contribution in [0.2, 0.25) is 0 Å². The van der Waals surface area contributed by atoms with Crippen molar-refractivity contribution in [2.45, 2.75) is 19.3 Å². The van der Waals surface area contributed by atoms with Gasteiger partial charge in [0.05, 0.1) is 0 Å². The number of amides is 1. The Bertz CT molecular complexity index is 419. The summed E-state index contributed by atoms with van der Waals surface area (Å²) in [4.78, 5) is 13.4. The first-order valence-corrected chi connectivity index (χ1v) is 7.18. The normalized spacial score (nSPS) is 18.7. The highest BCUT2D eigenvalue weighted by atomic mass is 79.9. The smallest absolute Gasteiger partial charge is 0.223 e. The first kappa shape index (κ1) is 12.1. The van der Waals surface area contributed by atoms with Gasteiger partial charge in [0, 0.05) is 34.9 Å². The summed E-state index contributed by atoms with van der Waals surface area (Å²) < 4.78 is 1.08. The molecular formula is C12H13Br2NO. The van der Waals surface area contributed by atoms with Crippen LogP contribution in [0.3, 0.4) is 0 Å². The number of alkyl halides is 1. The third-order valence-corrected chi connectivity index (χ3v) is 3.91. The zero-order chi connectivity index (χ0) is 11.7. The largest absolute Gasteiger partial charge is 0.312 e. The monoisotopic (exact) mass is 345 g/mol. The number of hydrogen-bond acceptors (Lipinski definition) is 1. The molecule has 1 amide bonds. The zero-order valence-electron chi connectivity index (χ0n) is 9.04. The Hall–Kier alpha value is -0.350. The lowest BCUT2D eigenvalue weighted by atomic mass is 9.99. The fourth-order valence-corrected chi connectivity index (χ4v) is 3.12. The molecule has 0 aromatic heterocycles. The Kier molecular flexibility index (Phi) is 3.70. The number of nitrogens with zero attached hydrogens (tertiary/aromatic N) is 1. The number of carbonyl (C=O) groups is 1. The minimum atomic E-state index is 0.126. The molecule has 4 heteroatoms. The van der Waals surface area contributed by atoms with E-state index < -0.39 is 0 Å². The summed E-state index contributed by atoms with van der Waals surface area (Å²) in [6.45, 7) is 2.44. The number of anilines is 1. The summed E-state index contributed by atoms with van der Waals surface area (Å²) in [6.07, 6.45) is 1.06. The van der Waals surface area contributed by atoms with Gasteiger partial charge < -0.3 is 4.90 Å². The second kappa shape index (κ2) is 4.88. The average molecular weight is 347 g/mol. The molecule has 1 aromatic rings. The first-order chi connectivity index (χ1) is 7.63. The van der Waals surface area contributed by atoms with Gasteiger partial charge in [0.15, 0.2) is 0 Å². The van der Waals surface area contributed by atoms with Crippen molar-refractivity contribution < 1.29 is 4.79 Å². The van der Waals surface area contributed by atoms with Gasteiger partial charge in [0.1, 0.15) is 0 Å². The van der Waals surface area contributed by atoms with E-state index in [1.807, 2.05) is 17.0 Å². The van der Waals surface area contributed by atoms with Crippen LogP contribution in [0, 0.1) is 0 Å². The Morgan fingerprint density at radius 2 is 2.31 bits per heavy atom. The van der Waals surface area contributed by atoms with Crippen LogP contribution in [-0.4, -0.2) is 17.8 Å². The highest BCUT2D eigenvalue weighted by Crippen LogP contribution is 2.39. The molecule has 1 aromatic carbocycles. The van der Waals surface area contributed by atoms with Crippen molar-refractivity contribution in [2.75, 3.05) is 16.8 Å². The molecule has 0 fully saturated rings. The van der Waals surface area contributed by atoms with Gasteiger partial charge in [-0.25, -0.2) is 0 Å². The molecule has 0 saturated heterocycles. The number of hydrogen-bond donors (Lipinski definition) is 0. The van der Waals surface area contributed by atoms with Crippen LogP contribution in [-0.2, 0) is 4.79 Å². The van der Waals surface area contributed by atoms with E-state index in [1.165, 1.54) is 5.56 Å². The molecule has 0 aliphatic carbocycles. The molecule has 1 unspecified atom stereocenters. The molecule has 0 radical (unpaired) electrons. The van der Waals surface area contributed by atoms with Crippen LogP contribution in [0.5, 0.6) is 0 Å². The first-order valence-electron chi connectivity index (χ1n) is 5.27. The van der Waals surface area contributed by atoms with Gasteiger partial charge in [-0.05, 0) is 30.2 Å². The van der Waals surface area contributed by atoms with E-state index in [0.29, 0.717) is 5.92 Å². The standard InChI is InChI=1S/C12H13Br2NO/c1-8(16)15-7-9(4-5-13)11-6-10(14)2-3-12(11)15/h2-3,6,9H,4-5,7H2,1H3. The SMILES string of the molecule is CC(=O)N1CC(CCBr)c2cc(Br)ccc21. The highest BCUT2D eigenvalue weighted by molar-refractivity contribution is 9.10. The molecule has 0 bridgehead atoms. The summed E-state index contributed by atoms with van der Waals surface area (Å²) in [5.74, 6) is 0.580. The quantitative estimate of drug-likeness (QED) is 0.748. The second-order valence-electron chi connectivity index (χ2n) is 4.01. The lowest BCUT2D eigenvalue weighted by Gasteiger charge is -2.14. The van der Waals surface area contributed by atoms with Gasteiger partial charge >= 0.3 is 0 Å². The fourth-order valence-electron chi connectivity index (χ4n) is 2.19. The van der Waals surface area contributed by atoms with E-state index in [4.69, 9.17) is 0 Å². The third-order valence-electron chi connectivity index (χ3n) is 2.96. The van der Waals surface area contributed by atoms with Crippen molar-refractivity contribution in [1.29, 1.82) is 0 Å². The molecule has 16 heavy (non-hydrogen) atoms. The van der Waals surface area contributed by atoms with Gasteiger partial charge in [-0.1, -0.05) is 31.9 Å². The van der Waals surface area contributed by atoms with Crippen LogP contribution >= 0.6 is 31.9 Å². The number of benzene rings is 1. The Morgan fingerprint density at radius 3 is 2.94 bits per heavy atom. The van der Waals surface area contributed by atoms with Gasteiger partial charge in [0.2, 0.25) is 5.91 Å². The topological polar surface area (TPSA) is 20.3 Å². The van der Waals surface area contributed by atoms with Gasteiger partial charge in [0.25, 0.3) is 0 Å². The molecule has 2 rings (SSSR count). The average Bonchev–Trinajstić information content (AvgIpc) is 2.58. The lowest BCUT2D eigenvalue weighted by Crippen LogP contribution is -2.27. The van der Waals surface area contributed by atoms with Crippen LogP contribution in [0.4, 0.5) is 5.69 Å². The maximum absolute atomic E-state index is 11.5. The van der Waals surface area contributed by atoms with Crippen LogP contribution < -0.4 is 4.90 Å². The van der Waals surface area contributed by atoms with E-state index >= 15 is 0 Å². The minimum Gasteiger partial charge on any atom is -0.312 e. The van der Waals surface area contributed by atoms with Crippen molar-refractivity contribution in [2.24, 2.45) is 0 Å². The van der Waals surface area contributed by atoms with Crippen molar-refractivity contribution in [3.63, 3.8) is 0 Å². The van der Waals surface area contributed by atoms with E-state index in [2.05, 4.69) is 37.9 Å². The molecule has 0 saturated carbocycles. The van der Waals surface area contributed by atoms with Crippen molar-refractivity contribution >= 4 is 43.5 Å². The Balaban J connectivity index is 2.40. The van der Waals surface area contributed by atoms with Crippen molar-refractivity contribution in [3.8, 4) is 0 Å². The van der Waals surface area contributed by atoms with Gasteiger partial charge in [-0.3, -0.25) is 4.79 Å². The number of carbonyl (C=O) groups excluding carboxylic acids is 1. The summed E-state index contributed by atoms with van der Waals surface area (Å²) in [5.41, 5.74) is 2.35. The zero-order valence-corrected chi connectivity index (χ0v) is 12.2. The van der Waals surface area contributed by atoms with E-state index in [9.17, 15) is 4.79 Å². The maximum Gasteiger partial charge on any atom is 0.223 e. The molecular weight excluding hydrogens is 334 g/mol. The van der Waals surface area contributed by atoms with Crippen LogP contribution in [0.15, 0.2) is 22.7 Å². The summed E-state index contributed by atoms with van der Waals surface area (Å²) in [5, 5.41) is 0.968. The highest BCUT2D eigenvalue weighted by Gasteiger charge is 2.30. The predicted octanol–water partition coefficient (Wildman–Crippen LogP) is 3.68. The minimum absolute atomic E-state index is 0.126. The molecule has 0 N–H and O–H groups in total. The predicted molar refractivity (Wildman–Crippen MR) is 73.3 cm³/mol. The third kappa shape index (κ3) is 2.18. The van der Waals surface area contributed by atoms with E-state index in [-0.39, 0.29) is 5.91 Å². The van der Waals surface area contributed by atoms with E-state index in [0.717, 1.165) is 28.5 Å². The summed E-state index contributed by atoms with van der Waals surface area (Å²) in [6, 6.07) is 6.14. The maximum atomic E-state index is 11.5. The van der Waals surface area contributed by atoms with Crippen molar-refractivity contribution in [3.05, 3.63) is 28.2 Å². The Morgan fingerprint density at radius 1 is 1.56 bits per heavy atom. The molecule has 86 valence electrons. The van der Waals surface area contributed by atoms with Gasteiger partial charge in [-0.15, -0.1) is 0 Å².